The van der Waals surface area contributed by atoms with Gasteiger partial charge in [0, 0.05) is 23.8 Å². The molecule has 1 aromatic rings. The van der Waals surface area contributed by atoms with E-state index in [1.165, 1.54) is 36.9 Å². The van der Waals surface area contributed by atoms with Crippen molar-refractivity contribution in [3.63, 3.8) is 0 Å². The van der Waals surface area contributed by atoms with Crippen LogP contribution in [0.3, 0.4) is 0 Å². The van der Waals surface area contributed by atoms with Crippen molar-refractivity contribution >= 4 is 5.95 Å². The molecule has 17 heavy (non-hydrogen) atoms. The molecule has 0 amide bonds. The molecule has 92 valence electrons. The molecule has 1 fully saturated rings. The van der Waals surface area contributed by atoms with E-state index in [-0.39, 0.29) is 0 Å². The summed E-state index contributed by atoms with van der Waals surface area (Å²) in [5, 5.41) is 6.88. The Hall–Kier alpha value is -1.16. The third kappa shape index (κ3) is 2.41. The van der Waals surface area contributed by atoms with E-state index in [0.29, 0.717) is 12.1 Å². The summed E-state index contributed by atoms with van der Waals surface area (Å²) in [7, 11) is 0. The molecule has 2 aliphatic rings. The molecule has 1 unspecified atom stereocenters. The van der Waals surface area contributed by atoms with Gasteiger partial charge in [-0.2, -0.15) is 0 Å². The van der Waals surface area contributed by atoms with Gasteiger partial charge >= 0.3 is 0 Å². The third-order valence-corrected chi connectivity index (χ3v) is 3.54. The molecular formula is C13H20N4. The second kappa shape index (κ2) is 4.61. The minimum absolute atomic E-state index is 0.457. The van der Waals surface area contributed by atoms with Gasteiger partial charge in [0.2, 0.25) is 5.95 Å². The van der Waals surface area contributed by atoms with Crippen molar-refractivity contribution in [1.29, 1.82) is 0 Å². The summed E-state index contributed by atoms with van der Waals surface area (Å²) < 4.78 is 0. The van der Waals surface area contributed by atoms with Crippen molar-refractivity contribution in [1.82, 2.24) is 15.3 Å². The predicted molar refractivity (Wildman–Crippen MR) is 68.0 cm³/mol. The van der Waals surface area contributed by atoms with Crippen LogP contribution < -0.4 is 10.6 Å². The maximum absolute atomic E-state index is 4.66. The van der Waals surface area contributed by atoms with Gasteiger partial charge in [0.1, 0.15) is 0 Å². The number of hydrogen-bond donors (Lipinski definition) is 2. The third-order valence-electron chi connectivity index (χ3n) is 3.54. The Morgan fingerprint density at radius 3 is 3.00 bits per heavy atom. The first-order valence-electron chi connectivity index (χ1n) is 6.72. The summed E-state index contributed by atoms with van der Waals surface area (Å²) in [5.74, 6) is 0.823. The summed E-state index contributed by atoms with van der Waals surface area (Å²) >= 11 is 0. The number of nitrogens with one attached hydrogen (secondary N) is 2. The molecule has 1 heterocycles. The smallest absolute Gasteiger partial charge is 0.223 e. The summed E-state index contributed by atoms with van der Waals surface area (Å²) in [6.07, 6.45) is 8.07. The first-order valence-corrected chi connectivity index (χ1v) is 6.72. The van der Waals surface area contributed by atoms with Crippen LogP contribution in [-0.2, 0) is 6.42 Å². The van der Waals surface area contributed by atoms with E-state index < -0.39 is 0 Å². The van der Waals surface area contributed by atoms with Crippen LogP contribution in [0.15, 0.2) is 6.20 Å². The van der Waals surface area contributed by atoms with Crippen molar-refractivity contribution in [3.05, 3.63) is 17.5 Å². The normalized spacial score (nSPS) is 23.2. The Balaban J connectivity index is 1.80. The lowest BCUT2D eigenvalue weighted by Gasteiger charge is -2.25. The SMILES string of the molecule is CCNC1CCCc2nc(NC3CC3)ncc21. The Bertz CT molecular complexity index is 400. The van der Waals surface area contributed by atoms with Crippen molar-refractivity contribution in [2.24, 2.45) is 0 Å². The second-order valence-corrected chi connectivity index (χ2v) is 5.02. The van der Waals surface area contributed by atoms with Crippen molar-refractivity contribution < 1.29 is 0 Å². The van der Waals surface area contributed by atoms with E-state index in [1.54, 1.807) is 0 Å². The molecule has 0 radical (unpaired) electrons. The van der Waals surface area contributed by atoms with Crippen LogP contribution in [0.5, 0.6) is 0 Å². The zero-order valence-electron chi connectivity index (χ0n) is 10.4. The lowest BCUT2D eigenvalue weighted by atomic mass is 9.92. The molecule has 0 spiro atoms. The van der Waals surface area contributed by atoms with E-state index >= 15 is 0 Å². The highest BCUT2D eigenvalue weighted by atomic mass is 15.1. The molecule has 0 bridgehead atoms. The summed E-state index contributed by atoms with van der Waals surface area (Å²) in [4.78, 5) is 9.11. The summed E-state index contributed by atoms with van der Waals surface area (Å²) in [6, 6.07) is 1.08. The van der Waals surface area contributed by atoms with Gasteiger partial charge in [0.25, 0.3) is 0 Å². The number of anilines is 1. The number of rotatable bonds is 4. The lowest BCUT2D eigenvalue weighted by Crippen LogP contribution is -2.26. The number of fused-ring (bicyclic) bond motifs is 1. The molecule has 1 aromatic heterocycles. The first kappa shape index (κ1) is 11.0. The average molecular weight is 232 g/mol. The van der Waals surface area contributed by atoms with E-state index in [1.807, 2.05) is 6.20 Å². The lowest BCUT2D eigenvalue weighted by molar-refractivity contribution is 0.464. The molecule has 0 saturated heterocycles. The molecule has 4 heteroatoms. The van der Waals surface area contributed by atoms with Crippen LogP contribution in [0.4, 0.5) is 5.95 Å². The fraction of sp³-hybridized carbons (Fsp3) is 0.692. The van der Waals surface area contributed by atoms with Crippen LogP contribution in [0.1, 0.15) is 49.9 Å². The van der Waals surface area contributed by atoms with E-state index in [9.17, 15) is 0 Å². The van der Waals surface area contributed by atoms with Crippen LogP contribution in [0, 0.1) is 0 Å². The Morgan fingerprint density at radius 2 is 2.24 bits per heavy atom. The minimum atomic E-state index is 0.457. The van der Waals surface area contributed by atoms with E-state index in [0.717, 1.165) is 18.9 Å². The van der Waals surface area contributed by atoms with Gasteiger partial charge in [-0.3, -0.25) is 0 Å². The molecule has 3 rings (SSSR count). The Kier molecular flexibility index (Phi) is 2.97. The highest BCUT2D eigenvalue weighted by Gasteiger charge is 2.24. The zero-order chi connectivity index (χ0) is 11.7. The fourth-order valence-corrected chi connectivity index (χ4v) is 2.49. The minimum Gasteiger partial charge on any atom is -0.351 e. The molecular weight excluding hydrogens is 212 g/mol. The second-order valence-electron chi connectivity index (χ2n) is 5.02. The maximum atomic E-state index is 4.66. The maximum Gasteiger partial charge on any atom is 0.223 e. The van der Waals surface area contributed by atoms with Gasteiger partial charge < -0.3 is 10.6 Å². The average Bonchev–Trinajstić information content (AvgIpc) is 3.13. The molecule has 4 nitrogen and oxygen atoms in total. The molecule has 2 aliphatic carbocycles. The van der Waals surface area contributed by atoms with Gasteiger partial charge in [-0.05, 0) is 38.6 Å². The number of nitrogens with zero attached hydrogens (tertiary/aromatic N) is 2. The monoisotopic (exact) mass is 232 g/mol. The molecule has 0 aromatic carbocycles. The molecule has 0 aliphatic heterocycles. The van der Waals surface area contributed by atoms with Gasteiger partial charge in [0.15, 0.2) is 0 Å². The van der Waals surface area contributed by atoms with Gasteiger partial charge in [-0.1, -0.05) is 6.92 Å². The summed E-state index contributed by atoms with van der Waals surface area (Å²) in [5.41, 5.74) is 2.54. The van der Waals surface area contributed by atoms with Gasteiger partial charge in [-0.15, -0.1) is 0 Å². The van der Waals surface area contributed by atoms with E-state index in [2.05, 4.69) is 27.5 Å². The largest absolute Gasteiger partial charge is 0.351 e. The highest BCUT2D eigenvalue weighted by molar-refractivity contribution is 5.34. The molecule has 2 N–H and O–H groups in total. The zero-order valence-corrected chi connectivity index (χ0v) is 10.4. The summed E-state index contributed by atoms with van der Waals surface area (Å²) in [6.45, 7) is 3.16. The Labute approximate surface area is 102 Å². The predicted octanol–water partition coefficient (Wildman–Crippen LogP) is 2.04. The van der Waals surface area contributed by atoms with Gasteiger partial charge in [-0.25, -0.2) is 9.97 Å². The van der Waals surface area contributed by atoms with Crippen LogP contribution >= 0.6 is 0 Å². The van der Waals surface area contributed by atoms with Gasteiger partial charge in [0.05, 0.1) is 5.69 Å². The first-order chi connectivity index (χ1) is 8.36. The number of aromatic nitrogens is 2. The highest BCUT2D eigenvalue weighted by Crippen LogP contribution is 2.29. The number of aryl methyl sites for hydroxylation is 1. The standard InChI is InChI=1S/C13H20N4/c1-2-14-11-4-3-5-12-10(11)8-15-13(17-12)16-9-6-7-9/h8-9,11,14H,2-7H2,1H3,(H,15,16,17). The molecule has 1 atom stereocenters. The quantitative estimate of drug-likeness (QED) is 0.834. The van der Waals surface area contributed by atoms with Crippen molar-refractivity contribution in [2.45, 2.75) is 51.1 Å². The van der Waals surface area contributed by atoms with Crippen LogP contribution in [-0.4, -0.2) is 22.6 Å². The van der Waals surface area contributed by atoms with Crippen molar-refractivity contribution in [3.8, 4) is 0 Å². The van der Waals surface area contributed by atoms with Crippen LogP contribution in [0.25, 0.3) is 0 Å². The van der Waals surface area contributed by atoms with E-state index in [4.69, 9.17) is 0 Å². The fourth-order valence-electron chi connectivity index (χ4n) is 2.49. The Morgan fingerprint density at radius 1 is 1.35 bits per heavy atom. The number of hydrogen-bond acceptors (Lipinski definition) is 4. The van der Waals surface area contributed by atoms with Crippen molar-refractivity contribution in [2.75, 3.05) is 11.9 Å². The molecule has 1 saturated carbocycles. The van der Waals surface area contributed by atoms with Crippen LogP contribution in [0.2, 0.25) is 0 Å². The topological polar surface area (TPSA) is 49.8 Å².